The van der Waals surface area contributed by atoms with Gasteiger partial charge < -0.3 is 14.0 Å². The predicted molar refractivity (Wildman–Crippen MR) is 109 cm³/mol. The van der Waals surface area contributed by atoms with Crippen LogP contribution in [0.5, 0.6) is 5.75 Å². The monoisotopic (exact) mass is 424 g/mol. The first kappa shape index (κ1) is 19.9. The first-order valence-corrected chi connectivity index (χ1v) is 9.90. The van der Waals surface area contributed by atoms with Gasteiger partial charge in [0, 0.05) is 18.7 Å². The summed E-state index contributed by atoms with van der Waals surface area (Å²) in [5.41, 5.74) is 1.24. The minimum Gasteiger partial charge on any atom is -0.497 e. The molecule has 0 fully saturated rings. The van der Waals surface area contributed by atoms with Crippen molar-refractivity contribution in [1.82, 2.24) is 4.57 Å². The Bertz CT molecular complexity index is 1030. The summed E-state index contributed by atoms with van der Waals surface area (Å²) in [6.45, 7) is 3.53. The van der Waals surface area contributed by atoms with Gasteiger partial charge in [0.1, 0.15) is 5.75 Å². The van der Waals surface area contributed by atoms with E-state index in [9.17, 15) is 4.79 Å². The SMILES string of the molecule is CCOCCn1c(=NC(=O)c2ccc(OC)cc2)sc2ccc(Cl)c(Cl)c21. The molecule has 0 saturated carbocycles. The van der Waals surface area contributed by atoms with Crippen molar-refractivity contribution in [2.24, 2.45) is 4.99 Å². The van der Waals surface area contributed by atoms with Gasteiger partial charge in [-0.1, -0.05) is 34.5 Å². The fourth-order valence-electron chi connectivity index (χ4n) is 2.58. The lowest BCUT2D eigenvalue weighted by Crippen LogP contribution is -2.20. The minimum absolute atomic E-state index is 0.336. The summed E-state index contributed by atoms with van der Waals surface area (Å²) < 4.78 is 13.4. The summed E-state index contributed by atoms with van der Waals surface area (Å²) >= 11 is 14.0. The van der Waals surface area contributed by atoms with Crippen LogP contribution in [0.3, 0.4) is 0 Å². The molecule has 1 heterocycles. The molecule has 27 heavy (non-hydrogen) atoms. The second kappa shape index (κ2) is 8.89. The third-order valence-corrected chi connectivity index (χ3v) is 5.77. The fraction of sp³-hybridized carbons (Fsp3) is 0.263. The number of rotatable bonds is 6. The summed E-state index contributed by atoms with van der Waals surface area (Å²) in [5.74, 6) is 0.346. The minimum atomic E-state index is -0.336. The number of ether oxygens (including phenoxy) is 2. The molecule has 0 saturated heterocycles. The number of carbonyl (C=O) groups is 1. The average molecular weight is 425 g/mol. The molecule has 0 N–H and O–H groups in total. The number of aromatic nitrogens is 1. The van der Waals surface area contributed by atoms with E-state index in [1.54, 1.807) is 37.4 Å². The molecule has 0 aliphatic rings. The van der Waals surface area contributed by atoms with Gasteiger partial charge in [-0.25, -0.2) is 0 Å². The van der Waals surface area contributed by atoms with Crippen molar-refractivity contribution in [3.05, 3.63) is 56.8 Å². The Morgan fingerprint density at radius 2 is 1.93 bits per heavy atom. The van der Waals surface area contributed by atoms with E-state index in [0.717, 1.165) is 10.2 Å². The molecule has 3 rings (SSSR count). The van der Waals surface area contributed by atoms with Gasteiger partial charge in [-0.3, -0.25) is 4.79 Å². The quantitative estimate of drug-likeness (QED) is 0.534. The van der Waals surface area contributed by atoms with Gasteiger partial charge in [0.2, 0.25) is 0 Å². The number of thiazole rings is 1. The molecule has 0 bridgehead atoms. The standard InChI is InChI=1S/C19H18Cl2N2O3S/c1-3-26-11-10-23-17-15(9-8-14(20)16(17)21)27-19(23)22-18(24)12-4-6-13(25-2)7-5-12/h4-9H,3,10-11H2,1-2H3. The average Bonchev–Trinajstić information content (AvgIpc) is 3.03. The maximum atomic E-state index is 12.6. The molecule has 1 amide bonds. The molecule has 8 heteroatoms. The summed E-state index contributed by atoms with van der Waals surface area (Å²) in [7, 11) is 1.58. The molecule has 1 aromatic heterocycles. The third kappa shape index (κ3) is 4.35. The maximum Gasteiger partial charge on any atom is 0.279 e. The predicted octanol–water partition coefficient (Wildman–Crippen LogP) is 4.80. The number of hydrogen-bond acceptors (Lipinski definition) is 4. The Morgan fingerprint density at radius 3 is 2.59 bits per heavy atom. The third-order valence-electron chi connectivity index (χ3n) is 3.93. The number of nitrogens with zero attached hydrogens (tertiary/aromatic N) is 2. The molecular weight excluding hydrogens is 407 g/mol. The topological polar surface area (TPSA) is 52.8 Å². The van der Waals surface area contributed by atoms with Crippen molar-refractivity contribution in [1.29, 1.82) is 0 Å². The van der Waals surface area contributed by atoms with E-state index in [-0.39, 0.29) is 5.91 Å². The van der Waals surface area contributed by atoms with Crippen LogP contribution in [0.1, 0.15) is 17.3 Å². The van der Waals surface area contributed by atoms with Crippen LogP contribution in [0.15, 0.2) is 41.4 Å². The number of halogens is 2. The van der Waals surface area contributed by atoms with Crippen molar-refractivity contribution >= 4 is 50.7 Å². The summed E-state index contributed by atoms with van der Waals surface area (Å²) in [5, 5.41) is 0.903. The molecule has 5 nitrogen and oxygen atoms in total. The Balaban J connectivity index is 2.08. The lowest BCUT2D eigenvalue weighted by Gasteiger charge is -2.07. The molecule has 142 valence electrons. The van der Waals surface area contributed by atoms with Crippen LogP contribution in [0.25, 0.3) is 10.2 Å². The normalized spacial score (nSPS) is 11.9. The molecule has 0 radical (unpaired) electrons. The Labute approximate surface area is 170 Å². The Kier molecular flexibility index (Phi) is 6.55. The van der Waals surface area contributed by atoms with Crippen LogP contribution < -0.4 is 9.54 Å². The molecule has 2 aromatic carbocycles. The number of amides is 1. The lowest BCUT2D eigenvalue weighted by atomic mass is 10.2. The molecule has 3 aromatic rings. The summed E-state index contributed by atoms with van der Waals surface area (Å²) in [6.07, 6.45) is 0. The highest BCUT2D eigenvalue weighted by atomic mass is 35.5. The lowest BCUT2D eigenvalue weighted by molar-refractivity contribution is 0.0996. The number of benzene rings is 2. The highest BCUT2D eigenvalue weighted by Gasteiger charge is 2.14. The molecule has 0 aliphatic heterocycles. The molecule has 0 unspecified atom stereocenters. The van der Waals surface area contributed by atoms with E-state index in [0.29, 0.717) is 45.9 Å². The summed E-state index contributed by atoms with van der Waals surface area (Å²) in [6, 6.07) is 10.5. The zero-order valence-electron chi connectivity index (χ0n) is 14.9. The van der Waals surface area contributed by atoms with Crippen molar-refractivity contribution in [3.63, 3.8) is 0 Å². The maximum absolute atomic E-state index is 12.6. The van der Waals surface area contributed by atoms with Crippen molar-refractivity contribution < 1.29 is 14.3 Å². The number of hydrogen-bond donors (Lipinski definition) is 0. The highest BCUT2D eigenvalue weighted by molar-refractivity contribution is 7.16. The number of methoxy groups -OCH3 is 1. The van der Waals surface area contributed by atoms with E-state index in [1.165, 1.54) is 11.3 Å². The number of fused-ring (bicyclic) bond motifs is 1. The first-order valence-electron chi connectivity index (χ1n) is 8.33. The van der Waals surface area contributed by atoms with E-state index < -0.39 is 0 Å². The second-order valence-electron chi connectivity index (χ2n) is 5.59. The largest absolute Gasteiger partial charge is 0.497 e. The number of carbonyl (C=O) groups excluding carboxylic acids is 1. The van der Waals surface area contributed by atoms with Crippen LogP contribution in [0.2, 0.25) is 10.0 Å². The van der Waals surface area contributed by atoms with Gasteiger partial charge >= 0.3 is 0 Å². The van der Waals surface area contributed by atoms with Gasteiger partial charge in [0.05, 0.1) is 34.0 Å². The van der Waals surface area contributed by atoms with E-state index in [4.69, 9.17) is 32.7 Å². The van der Waals surface area contributed by atoms with Crippen molar-refractivity contribution in [2.45, 2.75) is 13.5 Å². The zero-order chi connectivity index (χ0) is 19.4. The van der Waals surface area contributed by atoms with E-state index >= 15 is 0 Å². The smallest absolute Gasteiger partial charge is 0.279 e. The van der Waals surface area contributed by atoms with Crippen LogP contribution in [0, 0.1) is 0 Å². The molecule has 0 spiro atoms. The van der Waals surface area contributed by atoms with Gasteiger partial charge in [0.25, 0.3) is 5.91 Å². The summed E-state index contributed by atoms with van der Waals surface area (Å²) in [4.78, 5) is 17.5. The van der Waals surface area contributed by atoms with Crippen LogP contribution in [0.4, 0.5) is 0 Å². The van der Waals surface area contributed by atoms with Gasteiger partial charge in [-0.05, 0) is 43.3 Å². The fourth-order valence-corrected chi connectivity index (χ4v) is 4.12. The highest BCUT2D eigenvalue weighted by Crippen LogP contribution is 2.32. The van der Waals surface area contributed by atoms with Gasteiger partial charge in [-0.15, -0.1) is 0 Å². The van der Waals surface area contributed by atoms with Crippen molar-refractivity contribution in [2.75, 3.05) is 20.3 Å². The van der Waals surface area contributed by atoms with Crippen LogP contribution in [-0.2, 0) is 11.3 Å². The Hall–Kier alpha value is -1.86. The Morgan fingerprint density at radius 1 is 1.19 bits per heavy atom. The van der Waals surface area contributed by atoms with E-state index in [1.807, 2.05) is 17.6 Å². The molecule has 0 aliphatic carbocycles. The van der Waals surface area contributed by atoms with Gasteiger partial charge in [0.15, 0.2) is 4.80 Å². The first-order chi connectivity index (χ1) is 13.0. The van der Waals surface area contributed by atoms with Crippen molar-refractivity contribution in [3.8, 4) is 5.75 Å². The van der Waals surface area contributed by atoms with E-state index in [2.05, 4.69) is 4.99 Å². The zero-order valence-corrected chi connectivity index (χ0v) is 17.2. The van der Waals surface area contributed by atoms with Gasteiger partial charge in [-0.2, -0.15) is 4.99 Å². The molecular formula is C19H18Cl2N2O3S. The van der Waals surface area contributed by atoms with Crippen LogP contribution in [-0.4, -0.2) is 30.8 Å². The second-order valence-corrected chi connectivity index (χ2v) is 7.38. The van der Waals surface area contributed by atoms with Crippen LogP contribution >= 0.6 is 34.5 Å². The molecule has 0 atom stereocenters.